The van der Waals surface area contributed by atoms with Crippen LogP contribution in [0.2, 0.25) is 0 Å². The second-order valence-corrected chi connectivity index (χ2v) is 8.55. The molecule has 0 saturated carbocycles. The van der Waals surface area contributed by atoms with E-state index >= 15 is 0 Å². The second-order valence-electron chi connectivity index (χ2n) is 8.17. The first-order valence-electron chi connectivity index (χ1n) is 11.3. The van der Waals surface area contributed by atoms with Crippen molar-refractivity contribution in [2.75, 3.05) is 12.0 Å². The number of hydrogen-bond acceptors (Lipinski definition) is 5. The molecule has 0 atom stereocenters. The molecule has 3 aromatic carbocycles. The Labute approximate surface area is 210 Å². The van der Waals surface area contributed by atoms with Crippen molar-refractivity contribution in [3.05, 3.63) is 94.6 Å². The zero-order valence-corrected chi connectivity index (χ0v) is 20.6. The number of hydrogen-bond donors (Lipinski definition) is 1. The molecule has 7 heteroatoms. The maximum Gasteiger partial charge on any atom is 0.270 e. The van der Waals surface area contributed by atoms with Crippen molar-refractivity contribution in [1.82, 2.24) is 5.32 Å². The quantitative estimate of drug-likeness (QED) is 0.290. The molecule has 0 aromatic heterocycles. The van der Waals surface area contributed by atoms with Crippen molar-refractivity contribution in [2.45, 2.75) is 26.9 Å². The van der Waals surface area contributed by atoms with Gasteiger partial charge in [0.1, 0.15) is 12.2 Å². The lowest BCUT2D eigenvalue weighted by atomic mass is 10.1. The Morgan fingerprint density at radius 3 is 2.43 bits per heavy atom. The van der Waals surface area contributed by atoms with E-state index in [2.05, 4.69) is 18.3 Å². The van der Waals surface area contributed by atoms with E-state index in [1.54, 1.807) is 25.3 Å². The van der Waals surface area contributed by atoms with Crippen molar-refractivity contribution in [1.29, 1.82) is 0 Å². The van der Waals surface area contributed by atoms with E-state index in [9.17, 15) is 9.59 Å². The molecule has 178 valence electrons. The topological polar surface area (TPSA) is 67.9 Å². The van der Waals surface area contributed by atoms with Gasteiger partial charge >= 0.3 is 0 Å². The molecular weight excluding hydrogens is 460 g/mol. The molecule has 0 unspecified atom stereocenters. The number of benzene rings is 3. The number of amides is 2. The Hall–Kier alpha value is -3.97. The average molecular weight is 487 g/mol. The Morgan fingerprint density at radius 1 is 0.971 bits per heavy atom. The summed E-state index contributed by atoms with van der Waals surface area (Å²) in [6.45, 7) is 4.48. The van der Waals surface area contributed by atoms with Gasteiger partial charge in [-0.3, -0.25) is 19.8 Å². The monoisotopic (exact) mass is 486 g/mol. The third kappa shape index (κ3) is 5.41. The molecule has 0 bridgehead atoms. The smallest absolute Gasteiger partial charge is 0.270 e. The largest absolute Gasteiger partial charge is 0.493 e. The maximum atomic E-state index is 13.3. The van der Waals surface area contributed by atoms with E-state index in [4.69, 9.17) is 21.7 Å². The lowest BCUT2D eigenvalue weighted by Crippen LogP contribution is -2.54. The molecule has 1 fully saturated rings. The standard InChI is InChI=1S/C28H26N2O4S/c1-4-19-8-11-22(12-9-19)30-27(32)23(26(31)29-28(30)35)15-20-10-13-24(25(16-20)33-3)34-17-21-7-5-6-18(2)14-21/h5-16H,4,17H2,1-3H3,(H,29,31,35). The van der Waals surface area contributed by atoms with E-state index in [0.717, 1.165) is 23.1 Å². The molecule has 1 aliphatic rings. The van der Waals surface area contributed by atoms with Crippen LogP contribution in [-0.4, -0.2) is 24.0 Å². The number of carbonyl (C=O) groups is 2. The van der Waals surface area contributed by atoms with Crippen LogP contribution in [0.4, 0.5) is 5.69 Å². The Kier molecular flexibility index (Phi) is 7.27. The third-order valence-electron chi connectivity index (χ3n) is 5.68. The molecule has 35 heavy (non-hydrogen) atoms. The third-order valence-corrected chi connectivity index (χ3v) is 5.96. The average Bonchev–Trinajstić information content (AvgIpc) is 2.86. The van der Waals surface area contributed by atoms with Crippen molar-refractivity contribution in [2.24, 2.45) is 0 Å². The lowest BCUT2D eigenvalue weighted by Gasteiger charge is -2.29. The van der Waals surface area contributed by atoms with Crippen LogP contribution in [-0.2, 0) is 22.6 Å². The van der Waals surface area contributed by atoms with Crippen LogP contribution in [0.15, 0.2) is 72.3 Å². The van der Waals surface area contributed by atoms with E-state index in [-0.39, 0.29) is 10.7 Å². The number of nitrogens with zero attached hydrogens (tertiary/aromatic N) is 1. The Bertz CT molecular complexity index is 1310. The van der Waals surface area contributed by atoms with E-state index < -0.39 is 11.8 Å². The van der Waals surface area contributed by atoms with Crippen molar-refractivity contribution in [3.8, 4) is 11.5 Å². The lowest BCUT2D eigenvalue weighted by molar-refractivity contribution is -0.122. The summed E-state index contributed by atoms with van der Waals surface area (Å²) in [5.41, 5.74) is 4.54. The molecule has 4 rings (SSSR count). The number of methoxy groups -OCH3 is 1. The first-order valence-corrected chi connectivity index (χ1v) is 11.7. The zero-order valence-electron chi connectivity index (χ0n) is 19.8. The molecular formula is C28H26N2O4S. The molecule has 1 heterocycles. The van der Waals surface area contributed by atoms with Crippen LogP contribution in [0, 0.1) is 6.92 Å². The van der Waals surface area contributed by atoms with Gasteiger partial charge in [-0.15, -0.1) is 0 Å². The van der Waals surface area contributed by atoms with Crippen LogP contribution in [0.5, 0.6) is 11.5 Å². The number of thiocarbonyl (C=S) groups is 1. The van der Waals surface area contributed by atoms with E-state index in [1.165, 1.54) is 11.0 Å². The van der Waals surface area contributed by atoms with Gasteiger partial charge in [-0.1, -0.05) is 55.0 Å². The number of ether oxygens (including phenoxy) is 2. The number of carbonyl (C=O) groups excluding carboxylic acids is 2. The van der Waals surface area contributed by atoms with Gasteiger partial charge in [0.25, 0.3) is 11.8 Å². The van der Waals surface area contributed by atoms with Gasteiger partial charge < -0.3 is 9.47 Å². The van der Waals surface area contributed by atoms with Gasteiger partial charge in [0.2, 0.25) is 0 Å². The Morgan fingerprint density at radius 2 is 1.74 bits per heavy atom. The molecule has 0 spiro atoms. The van der Waals surface area contributed by atoms with Crippen LogP contribution in [0.25, 0.3) is 6.08 Å². The molecule has 0 aliphatic carbocycles. The highest BCUT2D eigenvalue weighted by atomic mass is 32.1. The van der Waals surface area contributed by atoms with Crippen LogP contribution < -0.4 is 19.7 Å². The minimum absolute atomic E-state index is 0.0198. The minimum Gasteiger partial charge on any atom is -0.493 e. The summed E-state index contributed by atoms with van der Waals surface area (Å²) in [5.74, 6) is 0.0366. The first kappa shape index (κ1) is 24.2. The van der Waals surface area contributed by atoms with Gasteiger partial charge in [-0.05, 0) is 72.6 Å². The summed E-state index contributed by atoms with van der Waals surface area (Å²) in [7, 11) is 1.55. The number of aryl methyl sites for hydroxylation is 2. The molecule has 2 amide bonds. The van der Waals surface area contributed by atoms with Crippen LogP contribution >= 0.6 is 12.2 Å². The fourth-order valence-corrected chi connectivity index (χ4v) is 4.08. The van der Waals surface area contributed by atoms with Crippen molar-refractivity contribution >= 4 is 40.9 Å². The molecule has 1 aliphatic heterocycles. The molecule has 1 saturated heterocycles. The zero-order chi connectivity index (χ0) is 24.9. The number of nitrogens with one attached hydrogen (secondary N) is 1. The van der Waals surface area contributed by atoms with Crippen molar-refractivity contribution in [3.63, 3.8) is 0 Å². The summed E-state index contributed by atoms with van der Waals surface area (Å²) in [6.07, 6.45) is 2.41. The maximum absolute atomic E-state index is 13.3. The fraction of sp³-hybridized carbons (Fsp3) is 0.179. The minimum atomic E-state index is -0.542. The molecule has 1 N–H and O–H groups in total. The highest BCUT2D eigenvalue weighted by molar-refractivity contribution is 7.80. The highest BCUT2D eigenvalue weighted by Gasteiger charge is 2.34. The van der Waals surface area contributed by atoms with Crippen molar-refractivity contribution < 1.29 is 19.1 Å². The summed E-state index contributed by atoms with van der Waals surface area (Å²) >= 11 is 5.29. The van der Waals surface area contributed by atoms with E-state index in [1.807, 2.05) is 49.4 Å². The van der Waals surface area contributed by atoms with Crippen LogP contribution in [0.3, 0.4) is 0 Å². The normalized spacial score (nSPS) is 14.8. The second kappa shape index (κ2) is 10.5. The van der Waals surface area contributed by atoms with Gasteiger partial charge in [0.15, 0.2) is 16.6 Å². The number of anilines is 1. The fourth-order valence-electron chi connectivity index (χ4n) is 3.80. The SMILES string of the molecule is CCc1ccc(N2C(=O)C(=Cc3ccc(OCc4cccc(C)c4)c(OC)c3)C(=O)NC2=S)cc1. The summed E-state index contributed by atoms with van der Waals surface area (Å²) < 4.78 is 11.4. The summed E-state index contributed by atoms with van der Waals surface area (Å²) in [5, 5.41) is 2.67. The highest BCUT2D eigenvalue weighted by Crippen LogP contribution is 2.30. The molecule has 0 radical (unpaired) electrons. The van der Waals surface area contributed by atoms with Gasteiger partial charge in [0.05, 0.1) is 12.8 Å². The molecule has 6 nitrogen and oxygen atoms in total. The number of rotatable bonds is 7. The van der Waals surface area contributed by atoms with Gasteiger partial charge in [-0.25, -0.2) is 0 Å². The predicted octanol–water partition coefficient (Wildman–Crippen LogP) is 4.98. The van der Waals surface area contributed by atoms with Gasteiger partial charge in [-0.2, -0.15) is 0 Å². The first-order chi connectivity index (χ1) is 16.9. The van der Waals surface area contributed by atoms with Crippen LogP contribution in [0.1, 0.15) is 29.2 Å². The predicted molar refractivity (Wildman–Crippen MR) is 141 cm³/mol. The summed E-state index contributed by atoms with van der Waals surface area (Å²) in [4.78, 5) is 27.2. The van der Waals surface area contributed by atoms with Gasteiger partial charge in [0, 0.05) is 0 Å². The van der Waals surface area contributed by atoms with E-state index in [0.29, 0.717) is 29.4 Å². The summed E-state index contributed by atoms with van der Waals surface area (Å²) in [6, 6.07) is 20.9. The molecule has 3 aromatic rings. The Balaban J connectivity index is 1.58.